The number of unbranched alkanes of at least 4 members (excludes halogenated alkanes) is 4. The summed E-state index contributed by atoms with van der Waals surface area (Å²) in [5.41, 5.74) is -1.17. The molecule has 0 atom stereocenters. The Morgan fingerprint density at radius 1 is 0.929 bits per heavy atom. The van der Waals surface area contributed by atoms with E-state index in [2.05, 4.69) is 57.9 Å². The second-order valence-corrected chi connectivity index (χ2v) is 9.33. The Kier molecular flexibility index (Phi) is 12.1. The molecular weight excluding hydrogens is 345 g/mol. The molecule has 0 unspecified atom stereocenters. The summed E-state index contributed by atoms with van der Waals surface area (Å²) in [6.45, 7) is 14.6. The van der Waals surface area contributed by atoms with E-state index in [4.69, 9.17) is 0 Å². The van der Waals surface area contributed by atoms with E-state index in [9.17, 15) is 9.90 Å². The van der Waals surface area contributed by atoms with Crippen LogP contribution in [0.25, 0.3) is 0 Å². The molecule has 0 saturated heterocycles. The minimum atomic E-state index is -0.805. The fraction of sp³-hybridized carbons (Fsp3) is 0.792. The van der Waals surface area contributed by atoms with Gasteiger partial charge in [-0.15, -0.1) is 0 Å². The van der Waals surface area contributed by atoms with Gasteiger partial charge in [0.05, 0.1) is 5.41 Å². The molecule has 0 saturated carbocycles. The van der Waals surface area contributed by atoms with Gasteiger partial charge in [-0.25, -0.2) is 0 Å². The normalized spacial score (nSPS) is 15.6. The second-order valence-electron chi connectivity index (χ2n) is 9.33. The van der Waals surface area contributed by atoms with Crippen molar-refractivity contribution >= 4 is 14.0 Å². The van der Waals surface area contributed by atoms with Crippen LogP contribution in [0.1, 0.15) is 106 Å². The molecule has 0 radical (unpaired) electrons. The molecule has 0 spiro atoms. The van der Waals surface area contributed by atoms with Gasteiger partial charge in [0, 0.05) is 11.1 Å². The monoisotopic (exact) mass is 391 g/mol. The maximum absolute atomic E-state index is 11.9. The van der Waals surface area contributed by atoms with Gasteiger partial charge < -0.3 is 9.92 Å². The molecule has 0 rings (SSSR count). The number of rotatable bonds is 15. The van der Waals surface area contributed by atoms with Crippen LogP contribution >= 0.6 is 0 Å². The third kappa shape index (κ3) is 7.77. The SMILES string of the molecule is BN(C(C=CC)(C=CC)CC(C)(C)C(=O)O)C(C)(CCCCC)CCCCC. The first kappa shape index (κ1) is 27.0. The largest absolute Gasteiger partial charge is 0.481 e. The Hall–Kier alpha value is -1.03. The fourth-order valence-corrected chi connectivity index (χ4v) is 4.35. The number of carboxylic acids is 1. The van der Waals surface area contributed by atoms with Crippen LogP contribution in [-0.4, -0.2) is 34.9 Å². The second kappa shape index (κ2) is 12.5. The first-order valence-corrected chi connectivity index (χ1v) is 11.3. The van der Waals surface area contributed by atoms with Crippen molar-refractivity contribution in [1.29, 1.82) is 0 Å². The summed E-state index contributed by atoms with van der Waals surface area (Å²) in [6.07, 6.45) is 18.8. The summed E-state index contributed by atoms with van der Waals surface area (Å²) >= 11 is 0. The maximum atomic E-state index is 11.9. The molecule has 1 N–H and O–H groups in total. The summed E-state index contributed by atoms with van der Waals surface area (Å²) in [7, 11) is 2.20. The van der Waals surface area contributed by atoms with Gasteiger partial charge in [0.25, 0.3) is 0 Å². The Labute approximate surface area is 176 Å². The van der Waals surface area contributed by atoms with Crippen LogP contribution in [0.4, 0.5) is 0 Å². The van der Waals surface area contributed by atoms with Crippen molar-refractivity contribution in [3.63, 3.8) is 0 Å². The summed E-state index contributed by atoms with van der Waals surface area (Å²) in [4.78, 5) is 14.4. The molecule has 28 heavy (non-hydrogen) atoms. The van der Waals surface area contributed by atoms with E-state index in [1.807, 2.05) is 27.7 Å². The smallest absolute Gasteiger partial charge is 0.309 e. The zero-order valence-electron chi connectivity index (χ0n) is 20.0. The minimum Gasteiger partial charge on any atom is -0.481 e. The van der Waals surface area contributed by atoms with Crippen molar-refractivity contribution in [3.05, 3.63) is 24.3 Å². The van der Waals surface area contributed by atoms with Gasteiger partial charge in [-0.3, -0.25) is 4.79 Å². The van der Waals surface area contributed by atoms with Crippen LogP contribution in [0.3, 0.4) is 0 Å². The van der Waals surface area contributed by atoms with E-state index >= 15 is 0 Å². The van der Waals surface area contributed by atoms with Crippen molar-refractivity contribution in [3.8, 4) is 0 Å². The average molecular weight is 391 g/mol. The van der Waals surface area contributed by atoms with Crippen LogP contribution in [-0.2, 0) is 4.79 Å². The molecule has 0 aromatic carbocycles. The fourth-order valence-electron chi connectivity index (χ4n) is 4.35. The van der Waals surface area contributed by atoms with Gasteiger partial charge >= 0.3 is 5.97 Å². The van der Waals surface area contributed by atoms with Gasteiger partial charge in [0.2, 0.25) is 0 Å². The van der Waals surface area contributed by atoms with Crippen molar-refractivity contribution in [2.75, 3.05) is 0 Å². The van der Waals surface area contributed by atoms with Crippen LogP contribution in [0.5, 0.6) is 0 Å². The highest BCUT2D eigenvalue weighted by atomic mass is 16.4. The Morgan fingerprint density at radius 2 is 1.36 bits per heavy atom. The molecular formula is C24H46BNO2. The van der Waals surface area contributed by atoms with E-state index < -0.39 is 16.9 Å². The molecule has 0 bridgehead atoms. The van der Waals surface area contributed by atoms with E-state index in [-0.39, 0.29) is 5.54 Å². The predicted molar refractivity (Wildman–Crippen MR) is 125 cm³/mol. The van der Waals surface area contributed by atoms with Gasteiger partial charge in [0.1, 0.15) is 0 Å². The molecule has 0 heterocycles. The van der Waals surface area contributed by atoms with Gasteiger partial charge in [-0.1, -0.05) is 76.7 Å². The number of hydrogen-bond acceptors (Lipinski definition) is 2. The molecule has 0 aliphatic carbocycles. The van der Waals surface area contributed by atoms with Crippen LogP contribution < -0.4 is 0 Å². The molecule has 0 fully saturated rings. The molecule has 162 valence electrons. The Bertz CT molecular complexity index is 489. The van der Waals surface area contributed by atoms with Crippen LogP contribution in [0.15, 0.2) is 24.3 Å². The van der Waals surface area contributed by atoms with E-state index in [1.165, 1.54) is 38.5 Å². The molecule has 0 aliphatic heterocycles. The number of nitrogens with zero attached hydrogens (tertiary/aromatic N) is 1. The van der Waals surface area contributed by atoms with Crippen molar-refractivity contribution in [1.82, 2.24) is 4.81 Å². The van der Waals surface area contributed by atoms with E-state index in [1.54, 1.807) is 0 Å². The first-order valence-electron chi connectivity index (χ1n) is 11.3. The highest BCUT2D eigenvalue weighted by molar-refractivity contribution is 6.06. The van der Waals surface area contributed by atoms with Crippen molar-refractivity contribution in [2.45, 2.75) is 117 Å². The van der Waals surface area contributed by atoms with E-state index in [0.717, 1.165) is 12.8 Å². The average Bonchev–Trinajstić information content (AvgIpc) is 2.61. The number of hydrogen-bond donors (Lipinski definition) is 1. The zero-order valence-corrected chi connectivity index (χ0v) is 20.0. The standard InChI is InChI=1S/C24H46BNO2/c1-8-12-14-18-23(7,19-15-13-9-2)26(25)24(16-10-3,17-11-4)20-22(5,6)21(27)28/h10-11,16-17H,8-9,12-15,18-20,25H2,1-7H3,(H,27,28). The third-order valence-corrected chi connectivity index (χ3v) is 6.29. The summed E-state index contributed by atoms with van der Waals surface area (Å²) in [6, 6.07) is 0. The lowest BCUT2D eigenvalue weighted by Gasteiger charge is -2.52. The quantitative estimate of drug-likeness (QED) is 0.207. The van der Waals surface area contributed by atoms with E-state index in [0.29, 0.717) is 6.42 Å². The van der Waals surface area contributed by atoms with Crippen LogP contribution in [0.2, 0.25) is 0 Å². The minimum absolute atomic E-state index is 0.0396. The number of aliphatic carboxylic acids is 1. The van der Waals surface area contributed by atoms with Gasteiger partial charge in [-0.05, 0) is 53.9 Å². The predicted octanol–water partition coefficient (Wildman–Crippen LogP) is 6.15. The third-order valence-electron chi connectivity index (χ3n) is 6.29. The Balaban J connectivity index is 6.08. The maximum Gasteiger partial charge on any atom is 0.309 e. The van der Waals surface area contributed by atoms with Crippen molar-refractivity contribution in [2.24, 2.45) is 5.41 Å². The molecule has 0 aliphatic rings. The number of carboxylic acid groups (broad SMARTS) is 1. The van der Waals surface area contributed by atoms with Crippen LogP contribution in [0, 0.1) is 5.41 Å². The summed E-state index contributed by atoms with van der Waals surface area (Å²) in [5, 5.41) is 9.81. The number of allylic oxidation sites excluding steroid dienone is 2. The summed E-state index contributed by atoms with van der Waals surface area (Å²) in [5.74, 6) is -0.738. The molecule has 0 aromatic rings. The molecule has 3 nitrogen and oxygen atoms in total. The first-order chi connectivity index (χ1) is 13.0. The van der Waals surface area contributed by atoms with Crippen molar-refractivity contribution < 1.29 is 9.90 Å². The molecule has 4 heteroatoms. The molecule has 0 aromatic heterocycles. The lowest BCUT2D eigenvalue weighted by Crippen LogP contribution is -2.58. The lowest BCUT2D eigenvalue weighted by atomic mass is 9.71. The molecule has 0 amide bonds. The lowest BCUT2D eigenvalue weighted by molar-refractivity contribution is -0.148. The van der Waals surface area contributed by atoms with Gasteiger partial charge in [0.15, 0.2) is 7.98 Å². The van der Waals surface area contributed by atoms with Gasteiger partial charge in [-0.2, -0.15) is 0 Å². The number of carbonyl (C=O) groups is 1. The summed E-state index contributed by atoms with van der Waals surface area (Å²) < 4.78 is 0. The topological polar surface area (TPSA) is 40.5 Å². The zero-order chi connectivity index (χ0) is 21.8. The highest BCUT2D eigenvalue weighted by Crippen LogP contribution is 2.40. The highest BCUT2D eigenvalue weighted by Gasteiger charge is 2.44. The Morgan fingerprint density at radius 3 is 1.68 bits per heavy atom.